The molecule has 4 N–H and O–H groups in total. The van der Waals surface area contributed by atoms with Gasteiger partial charge in [0.25, 0.3) is 0 Å². The van der Waals surface area contributed by atoms with Crippen molar-refractivity contribution in [2.75, 3.05) is 5.32 Å². The summed E-state index contributed by atoms with van der Waals surface area (Å²) in [4.78, 5) is 0.321. The van der Waals surface area contributed by atoms with Gasteiger partial charge in [0.05, 0.1) is 16.2 Å². The Morgan fingerprint density at radius 1 is 1.50 bits per heavy atom. The first-order valence-corrected chi connectivity index (χ1v) is 10.4. The molecule has 1 aliphatic heterocycles. The smallest absolute Gasteiger partial charge is 0.166 e. The molecule has 1 aromatic heterocycles. The summed E-state index contributed by atoms with van der Waals surface area (Å²) in [6.45, 7) is 0. The number of anilines is 1. The fourth-order valence-electron chi connectivity index (χ4n) is 3.50. The Labute approximate surface area is 162 Å². The van der Waals surface area contributed by atoms with E-state index in [9.17, 15) is 13.7 Å². The first-order valence-electron chi connectivity index (χ1n) is 8.88. The average Bonchev–Trinajstić information content (AvgIpc) is 3.43. The van der Waals surface area contributed by atoms with E-state index in [2.05, 4.69) is 10.0 Å². The van der Waals surface area contributed by atoms with Crippen LogP contribution < -0.4 is 10.0 Å². The van der Waals surface area contributed by atoms with E-state index in [4.69, 9.17) is 10.0 Å². The molecule has 0 amide bonds. The van der Waals surface area contributed by atoms with Crippen molar-refractivity contribution >= 4 is 21.7 Å². The number of aliphatic hydroxyl groups excluding tert-OH is 1. The van der Waals surface area contributed by atoms with Crippen molar-refractivity contribution in [1.82, 2.24) is 9.29 Å². The summed E-state index contributed by atoms with van der Waals surface area (Å²) in [7, 11) is -1.53. The molecule has 0 spiro atoms. The minimum Gasteiger partial charge on any atom is -0.368 e. The molecule has 1 fully saturated rings. The van der Waals surface area contributed by atoms with Crippen LogP contribution in [0.5, 0.6) is 0 Å². The summed E-state index contributed by atoms with van der Waals surface area (Å²) >= 11 is 0. The molecule has 7 nitrogen and oxygen atoms in total. The maximum atomic E-state index is 13.5. The summed E-state index contributed by atoms with van der Waals surface area (Å²) in [6.07, 6.45) is 6.17. The Kier molecular flexibility index (Phi) is 4.50. The molecule has 0 saturated heterocycles. The van der Waals surface area contributed by atoms with Crippen molar-refractivity contribution in [3.63, 3.8) is 0 Å². The third-order valence-electron chi connectivity index (χ3n) is 5.09. The summed E-state index contributed by atoms with van der Waals surface area (Å²) in [5.41, 5.74) is 1.21. The van der Waals surface area contributed by atoms with Crippen LogP contribution in [-0.2, 0) is 17.0 Å². The molecule has 0 bridgehead atoms. The second-order valence-corrected chi connectivity index (χ2v) is 8.94. The number of aliphatic hydroxyl groups is 1. The zero-order chi connectivity index (χ0) is 20.1. The minimum absolute atomic E-state index is 0.129. The number of hydrogen-bond donors (Lipinski definition) is 4. The summed E-state index contributed by atoms with van der Waals surface area (Å²) in [5, 5.41) is 22.6. The highest BCUT2D eigenvalue weighted by Crippen LogP contribution is 2.37. The molecular formula is C19H20FN5O2S. The molecule has 2 aliphatic rings. The van der Waals surface area contributed by atoms with Gasteiger partial charge in [-0.1, -0.05) is 12.2 Å². The van der Waals surface area contributed by atoms with Gasteiger partial charge in [-0.15, -0.1) is 0 Å². The van der Waals surface area contributed by atoms with Gasteiger partial charge < -0.3 is 15.0 Å². The summed E-state index contributed by atoms with van der Waals surface area (Å²) in [5.74, 6) is -0.250. The van der Waals surface area contributed by atoms with Gasteiger partial charge in [0.1, 0.15) is 21.8 Å². The Hall–Kier alpha value is -2.67. The van der Waals surface area contributed by atoms with Gasteiger partial charge in [-0.2, -0.15) is 5.26 Å². The molecule has 9 heteroatoms. The Morgan fingerprint density at radius 2 is 2.25 bits per heavy atom. The highest BCUT2D eigenvalue weighted by Gasteiger charge is 2.35. The van der Waals surface area contributed by atoms with E-state index in [0.29, 0.717) is 27.8 Å². The number of benzene rings is 1. The Bertz CT molecular complexity index is 1110. The molecule has 1 saturated carbocycles. The highest BCUT2D eigenvalue weighted by atomic mass is 32.2. The summed E-state index contributed by atoms with van der Waals surface area (Å²) in [6, 6.07) is 5.52. The van der Waals surface area contributed by atoms with E-state index < -0.39 is 22.0 Å². The molecule has 2 heterocycles. The monoisotopic (exact) mass is 401 g/mol. The SMILES string of the molecule is Cn1cc2c(c1C(O)Nc1ccc(F)c(C#N)c1)C=C[C@H](C1CC1)NS2(=N)=O. The van der Waals surface area contributed by atoms with Crippen molar-refractivity contribution in [2.24, 2.45) is 13.0 Å². The topological polar surface area (TPSA) is 114 Å². The number of nitriles is 1. The molecule has 2 unspecified atom stereocenters. The average molecular weight is 401 g/mol. The molecule has 0 radical (unpaired) electrons. The first kappa shape index (κ1) is 18.7. The van der Waals surface area contributed by atoms with E-state index in [1.165, 1.54) is 12.1 Å². The van der Waals surface area contributed by atoms with E-state index in [0.717, 1.165) is 18.9 Å². The van der Waals surface area contributed by atoms with Crippen LogP contribution in [0.25, 0.3) is 6.08 Å². The lowest BCUT2D eigenvalue weighted by Gasteiger charge is -2.17. The van der Waals surface area contributed by atoms with Gasteiger partial charge in [-0.3, -0.25) is 0 Å². The summed E-state index contributed by atoms with van der Waals surface area (Å²) < 4.78 is 39.4. The maximum Gasteiger partial charge on any atom is 0.166 e. The zero-order valence-electron chi connectivity index (χ0n) is 15.1. The van der Waals surface area contributed by atoms with Crippen molar-refractivity contribution in [1.29, 1.82) is 10.0 Å². The largest absolute Gasteiger partial charge is 0.368 e. The van der Waals surface area contributed by atoms with E-state index in [-0.39, 0.29) is 11.6 Å². The zero-order valence-corrected chi connectivity index (χ0v) is 16.0. The first-order chi connectivity index (χ1) is 13.3. The predicted molar refractivity (Wildman–Crippen MR) is 103 cm³/mol. The van der Waals surface area contributed by atoms with Gasteiger partial charge >= 0.3 is 0 Å². The fourth-order valence-corrected chi connectivity index (χ4v) is 5.07. The van der Waals surface area contributed by atoms with E-state index in [1.54, 1.807) is 30.0 Å². The van der Waals surface area contributed by atoms with Crippen LogP contribution in [0.2, 0.25) is 0 Å². The maximum absolute atomic E-state index is 13.5. The molecule has 28 heavy (non-hydrogen) atoms. The molecule has 1 aromatic carbocycles. The fraction of sp³-hybridized carbons (Fsp3) is 0.316. The lowest BCUT2D eigenvalue weighted by molar-refractivity contribution is 0.199. The number of rotatable bonds is 4. The predicted octanol–water partition coefficient (Wildman–Crippen LogP) is 2.85. The molecular weight excluding hydrogens is 381 g/mol. The molecule has 4 rings (SSSR count). The standard InChI is InChI=1S/C19H20FN5O2S/c1-25-10-17-14(5-7-16(11-2-3-11)24-28(17,22)27)18(25)19(26)23-13-4-6-15(20)12(8-13)9-21/h4-8,10-11,16,19,23,26H,2-3H2,1H3,(H2,22,24,27)/t16-,19?,28?/m1/s1. The van der Waals surface area contributed by atoms with E-state index in [1.807, 2.05) is 6.08 Å². The van der Waals surface area contributed by atoms with E-state index >= 15 is 0 Å². The molecule has 3 atom stereocenters. The third kappa shape index (κ3) is 3.30. The van der Waals surface area contributed by atoms with Crippen molar-refractivity contribution < 1.29 is 13.7 Å². The molecule has 1 aliphatic carbocycles. The van der Waals surface area contributed by atoms with Gasteiger partial charge in [-0.05, 0) is 37.0 Å². The lowest BCUT2D eigenvalue weighted by Crippen LogP contribution is -2.33. The van der Waals surface area contributed by atoms with Crippen LogP contribution in [0.4, 0.5) is 10.1 Å². The second-order valence-electron chi connectivity index (χ2n) is 7.15. The van der Waals surface area contributed by atoms with Gasteiger partial charge in [0.15, 0.2) is 6.23 Å². The number of aromatic nitrogens is 1. The number of halogens is 1. The van der Waals surface area contributed by atoms with Crippen LogP contribution in [0.1, 0.15) is 35.9 Å². The van der Waals surface area contributed by atoms with Gasteiger partial charge in [0.2, 0.25) is 0 Å². The van der Waals surface area contributed by atoms with Gasteiger partial charge in [0, 0.05) is 30.5 Å². The second kappa shape index (κ2) is 6.74. The van der Waals surface area contributed by atoms with Crippen LogP contribution >= 0.6 is 0 Å². The number of nitrogens with one attached hydrogen (secondary N) is 3. The number of nitrogens with zero attached hydrogens (tertiary/aromatic N) is 2. The highest BCUT2D eigenvalue weighted by molar-refractivity contribution is 7.90. The number of aryl methyl sites for hydroxylation is 1. The number of fused-ring (bicyclic) bond motifs is 1. The Balaban J connectivity index is 1.70. The van der Waals surface area contributed by atoms with Crippen LogP contribution in [-0.4, -0.2) is 19.9 Å². The van der Waals surface area contributed by atoms with Crippen molar-refractivity contribution in [3.8, 4) is 6.07 Å². The van der Waals surface area contributed by atoms with Crippen LogP contribution in [0.15, 0.2) is 35.4 Å². The molecule has 2 aromatic rings. The van der Waals surface area contributed by atoms with Gasteiger partial charge in [-0.25, -0.2) is 18.1 Å². The third-order valence-corrected chi connectivity index (χ3v) is 6.64. The number of hydrogen-bond acceptors (Lipinski definition) is 5. The van der Waals surface area contributed by atoms with Crippen molar-refractivity contribution in [2.45, 2.75) is 30.0 Å². The normalized spacial score (nSPS) is 24.9. The van der Waals surface area contributed by atoms with Crippen LogP contribution in [0, 0.1) is 27.8 Å². The minimum atomic E-state index is -3.22. The molecule has 146 valence electrons. The lowest BCUT2D eigenvalue weighted by atomic mass is 10.1. The quantitative estimate of drug-likeness (QED) is 0.590. The van der Waals surface area contributed by atoms with Crippen molar-refractivity contribution in [3.05, 3.63) is 53.1 Å². The van der Waals surface area contributed by atoms with Crippen LogP contribution in [0.3, 0.4) is 0 Å². The Morgan fingerprint density at radius 3 is 2.93 bits per heavy atom.